The molecular weight excluding hydrogens is 352 g/mol. The summed E-state index contributed by atoms with van der Waals surface area (Å²) >= 11 is 6.87. The summed E-state index contributed by atoms with van der Waals surface area (Å²) in [6, 6.07) is 18.0. The Morgan fingerprint density at radius 3 is 2.76 bits per heavy atom. The zero-order chi connectivity index (χ0) is 17.5. The number of aromatic nitrogens is 3. The Hall–Kier alpha value is -2.38. The van der Waals surface area contributed by atoms with Crippen molar-refractivity contribution in [3.8, 4) is 5.75 Å². The lowest BCUT2D eigenvalue weighted by Gasteiger charge is -2.06. The zero-order valence-corrected chi connectivity index (χ0v) is 15.4. The summed E-state index contributed by atoms with van der Waals surface area (Å²) in [4.78, 5) is 0. The van der Waals surface area contributed by atoms with Crippen LogP contribution in [0.25, 0.3) is 0 Å². The van der Waals surface area contributed by atoms with E-state index in [0.29, 0.717) is 11.4 Å². The number of benzene rings is 2. The van der Waals surface area contributed by atoms with Gasteiger partial charge in [0.15, 0.2) is 0 Å². The van der Waals surface area contributed by atoms with Crippen molar-refractivity contribution in [2.24, 2.45) is 5.10 Å². The summed E-state index contributed by atoms with van der Waals surface area (Å²) in [5.74, 6) is 1.59. The van der Waals surface area contributed by atoms with Gasteiger partial charge in [0, 0.05) is 11.3 Å². The predicted molar refractivity (Wildman–Crippen MR) is 104 cm³/mol. The van der Waals surface area contributed by atoms with E-state index in [-0.39, 0.29) is 0 Å². The Morgan fingerprint density at radius 2 is 1.96 bits per heavy atom. The number of hydrogen-bond acceptors (Lipinski definition) is 5. The summed E-state index contributed by atoms with van der Waals surface area (Å²) in [7, 11) is 0. The highest BCUT2D eigenvalue weighted by atomic mass is 32.2. The third-order valence-electron chi connectivity index (χ3n) is 3.36. The van der Waals surface area contributed by atoms with Crippen LogP contribution in [-0.4, -0.2) is 27.7 Å². The van der Waals surface area contributed by atoms with Gasteiger partial charge in [-0.2, -0.15) is 9.78 Å². The first-order chi connectivity index (χ1) is 12.3. The molecule has 0 saturated carbocycles. The molecule has 3 aromatic rings. The molecule has 0 saturated heterocycles. The topological polar surface area (TPSA) is 55.2 Å². The molecule has 0 aliphatic rings. The molecule has 0 amide bonds. The van der Waals surface area contributed by atoms with Crippen molar-refractivity contribution < 1.29 is 4.74 Å². The smallest absolute Gasteiger partial charge is 0.217 e. The van der Waals surface area contributed by atoms with Crippen LogP contribution in [0.1, 0.15) is 18.1 Å². The average molecular weight is 371 g/mol. The third-order valence-corrected chi connectivity index (χ3v) is 4.63. The van der Waals surface area contributed by atoms with Crippen LogP contribution in [0.15, 0.2) is 64.9 Å². The summed E-state index contributed by atoms with van der Waals surface area (Å²) in [6.07, 6.45) is 1.74. The fourth-order valence-electron chi connectivity index (χ4n) is 2.19. The number of nitrogens with one attached hydrogen (secondary N) is 1. The van der Waals surface area contributed by atoms with Crippen LogP contribution in [0.2, 0.25) is 0 Å². The van der Waals surface area contributed by atoms with Crippen LogP contribution < -0.4 is 4.74 Å². The molecule has 0 atom stereocenters. The Kier molecular flexibility index (Phi) is 6.03. The first-order valence-electron chi connectivity index (χ1n) is 7.88. The van der Waals surface area contributed by atoms with E-state index in [1.165, 1.54) is 5.56 Å². The number of H-pyrrole nitrogens is 1. The van der Waals surface area contributed by atoms with Gasteiger partial charge in [0.25, 0.3) is 0 Å². The van der Waals surface area contributed by atoms with Gasteiger partial charge in [-0.15, -0.1) is 5.10 Å². The van der Waals surface area contributed by atoms with E-state index in [1.807, 2.05) is 49.4 Å². The van der Waals surface area contributed by atoms with Gasteiger partial charge in [0.2, 0.25) is 9.93 Å². The quantitative estimate of drug-likeness (QED) is 0.378. The maximum Gasteiger partial charge on any atom is 0.217 e. The minimum Gasteiger partial charge on any atom is -0.493 e. The van der Waals surface area contributed by atoms with Gasteiger partial charge in [-0.05, 0) is 36.8 Å². The van der Waals surface area contributed by atoms with Crippen molar-refractivity contribution in [3.05, 3.63) is 70.5 Å². The molecule has 7 heteroatoms. The Morgan fingerprint density at radius 1 is 1.20 bits per heavy atom. The molecule has 0 bridgehead atoms. The van der Waals surface area contributed by atoms with Crippen LogP contribution in [0.4, 0.5) is 0 Å². The first-order valence-corrected chi connectivity index (χ1v) is 9.27. The summed E-state index contributed by atoms with van der Waals surface area (Å²) in [6.45, 7) is 2.56. The minimum absolute atomic E-state index is 0.459. The Balaban J connectivity index is 1.79. The molecule has 0 aliphatic carbocycles. The molecule has 0 aliphatic heterocycles. The number of ether oxygens (including phenoxy) is 1. The molecule has 1 aromatic heterocycles. The Labute approximate surface area is 155 Å². The van der Waals surface area contributed by atoms with E-state index in [9.17, 15) is 0 Å². The van der Waals surface area contributed by atoms with Crippen molar-refractivity contribution in [1.82, 2.24) is 14.9 Å². The summed E-state index contributed by atoms with van der Waals surface area (Å²) < 4.78 is 7.71. The minimum atomic E-state index is 0.459. The van der Waals surface area contributed by atoms with Gasteiger partial charge < -0.3 is 4.74 Å². The predicted octanol–water partition coefficient (Wildman–Crippen LogP) is 4.51. The second-order valence-corrected chi connectivity index (χ2v) is 6.44. The van der Waals surface area contributed by atoms with Gasteiger partial charge in [-0.1, -0.05) is 54.2 Å². The number of nitrogens with zero attached hydrogens (tertiary/aromatic N) is 3. The number of thioether (sulfide) groups is 1. The van der Waals surface area contributed by atoms with Crippen molar-refractivity contribution >= 4 is 30.2 Å². The van der Waals surface area contributed by atoms with Gasteiger partial charge in [0.1, 0.15) is 5.75 Å². The van der Waals surface area contributed by atoms with Crippen molar-refractivity contribution in [2.45, 2.75) is 17.8 Å². The molecule has 0 radical (unpaired) electrons. The molecule has 2 aromatic carbocycles. The molecular formula is C18H18N4OS2. The summed E-state index contributed by atoms with van der Waals surface area (Å²) in [5.41, 5.74) is 2.12. The van der Waals surface area contributed by atoms with Crippen molar-refractivity contribution in [1.29, 1.82) is 0 Å². The van der Waals surface area contributed by atoms with E-state index in [0.717, 1.165) is 22.2 Å². The van der Waals surface area contributed by atoms with Crippen molar-refractivity contribution in [2.75, 3.05) is 6.61 Å². The highest BCUT2D eigenvalue weighted by Crippen LogP contribution is 2.21. The van der Waals surface area contributed by atoms with Gasteiger partial charge in [-0.25, -0.2) is 5.10 Å². The second kappa shape index (κ2) is 8.64. The highest BCUT2D eigenvalue weighted by Gasteiger charge is 2.07. The normalized spacial score (nSPS) is 11.1. The van der Waals surface area contributed by atoms with E-state index in [1.54, 1.807) is 22.7 Å². The third kappa shape index (κ3) is 4.58. The largest absolute Gasteiger partial charge is 0.493 e. The first kappa shape index (κ1) is 17.4. The maximum absolute atomic E-state index is 5.62. The fourth-order valence-corrected chi connectivity index (χ4v) is 3.28. The van der Waals surface area contributed by atoms with Gasteiger partial charge >= 0.3 is 0 Å². The number of para-hydroxylation sites is 1. The lowest BCUT2D eigenvalue weighted by molar-refractivity contribution is 0.340. The summed E-state index contributed by atoms with van der Waals surface area (Å²) in [5, 5.41) is 12.3. The van der Waals surface area contributed by atoms with E-state index in [2.05, 4.69) is 27.4 Å². The number of hydrogen-bond donors (Lipinski definition) is 1. The fraction of sp³-hybridized carbons (Fsp3) is 0.167. The standard InChI is InChI=1S/C18H18N4OS2/c1-2-23-16-11-7-6-10-15(16)12-19-22-17(24)20-21-18(22)25-13-14-8-4-3-5-9-14/h3-12H,2,13H2,1H3,(H,20,24)/b19-12-. The van der Waals surface area contributed by atoms with Crippen molar-refractivity contribution in [3.63, 3.8) is 0 Å². The second-order valence-electron chi connectivity index (χ2n) is 5.11. The lowest BCUT2D eigenvalue weighted by Crippen LogP contribution is -1.98. The van der Waals surface area contributed by atoms with Crippen LogP contribution in [-0.2, 0) is 5.75 Å². The molecule has 1 N–H and O–H groups in total. The molecule has 0 spiro atoms. The van der Waals surface area contributed by atoms with Gasteiger partial charge in [-0.3, -0.25) is 0 Å². The number of rotatable bonds is 7. The Bertz CT molecular complexity index is 903. The molecule has 0 fully saturated rings. The molecule has 1 heterocycles. The van der Waals surface area contributed by atoms with E-state index < -0.39 is 0 Å². The average Bonchev–Trinajstić information content (AvgIpc) is 3.00. The molecule has 128 valence electrons. The zero-order valence-electron chi connectivity index (χ0n) is 13.8. The van der Waals surface area contributed by atoms with Crippen LogP contribution in [0.5, 0.6) is 5.75 Å². The monoisotopic (exact) mass is 370 g/mol. The van der Waals surface area contributed by atoms with Gasteiger partial charge in [0.05, 0.1) is 12.8 Å². The maximum atomic E-state index is 5.62. The van der Waals surface area contributed by atoms with Crippen LogP contribution >= 0.6 is 24.0 Å². The lowest BCUT2D eigenvalue weighted by atomic mass is 10.2. The SMILES string of the molecule is CCOc1ccccc1/C=N\n1c(SCc2ccccc2)n[nH]c1=S. The molecule has 0 unspecified atom stereocenters. The highest BCUT2D eigenvalue weighted by molar-refractivity contribution is 7.98. The molecule has 25 heavy (non-hydrogen) atoms. The van der Waals surface area contributed by atoms with Crippen LogP contribution in [0.3, 0.4) is 0 Å². The number of aromatic amines is 1. The van der Waals surface area contributed by atoms with E-state index in [4.69, 9.17) is 17.0 Å². The molecule has 5 nitrogen and oxygen atoms in total. The van der Waals surface area contributed by atoms with E-state index >= 15 is 0 Å². The van der Waals surface area contributed by atoms with Crippen LogP contribution in [0, 0.1) is 4.77 Å². The molecule has 3 rings (SSSR count).